The van der Waals surface area contributed by atoms with E-state index < -0.39 is 0 Å². The van der Waals surface area contributed by atoms with Crippen molar-refractivity contribution in [2.75, 3.05) is 5.32 Å². The molecule has 0 spiro atoms. The molecule has 2 aromatic rings. The van der Waals surface area contributed by atoms with Crippen LogP contribution in [-0.4, -0.2) is 16.0 Å². The molecule has 92 valence electrons. The van der Waals surface area contributed by atoms with Gasteiger partial charge in [-0.3, -0.25) is 0 Å². The standard InChI is InChI=1S/C14H14ClN3/c1-9-7-11(9)16-13-8-12(15)17-14(18-13)10-5-3-2-4-6-10/h2-6,8-9,11H,7H2,1H3,(H,16,17,18). The van der Waals surface area contributed by atoms with Gasteiger partial charge in [0.1, 0.15) is 11.0 Å². The van der Waals surface area contributed by atoms with Gasteiger partial charge < -0.3 is 5.32 Å². The Labute approximate surface area is 111 Å². The minimum absolute atomic E-state index is 0.472. The maximum absolute atomic E-state index is 6.05. The Balaban J connectivity index is 1.91. The molecule has 0 radical (unpaired) electrons. The van der Waals surface area contributed by atoms with Crippen LogP contribution in [0.4, 0.5) is 5.82 Å². The fourth-order valence-electron chi connectivity index (χ4n) is 1.92. The average molecular weight is 260 g/mol. The third-order valence-electron chi connectivity index (χ3n) is 3.17. The van der Waals surface area contributed by atoms with Crippen LogP contribution in [0.3, 0.4) is 0 Å². The molecule has 0 amide bonds. The van der Waals surface area contributed by atoms with E-state index in [9.17, 15) is 0 Å². The minimum Gasteiger partial charge on any atom is -0.367 e. The van der Waals surface area contributed by atoms with Crippen molar-refractivity contribution in [3.63, 3.8) is 0 Å². The quantitative estimate of drug-likeness (QED) is 0.856. The summed E-state index contributed by atoms with van der Waals surface area (Å²) in [6.07, 6.45) is 1.20. The van der Waals surface area contributed by atoms with Crippen LogP contribution >= 0.6 is 11.6 Å². The molecule has 18 heavy (non-hydrogen) atoms. The lowest BCUT2D eigenvalue weighted by Gasteiger charge is -2.07. The van der Waals surface area contributed by atoms with Gasteiger partial charge in [-0.1, -0.05) is 48.9 Å². The minimum atomic E-state index is 0.472. The third-order valence-corrected chi connectivity index (χ3v) is 3.36. The summed E-state index contributed by atoms with van der Waals surface area (Å²) < 4.78 is 0. The summed E-state index contributed by atoms with van der Waals surface area (Å²) in [5.41, 5.74) is 0.979. The molecule has 1 aromatic heterocycles. The van der Waals surface area contributed by atoms with Crippen LogP contribution in [0.25, 0.3) is 11.4 Å². The van der Waals surface area contributed by atoms with Crippen molar-refractivity contribution < 1.29 is 0 Å². The van der Waals surface area contributed by atoms with Crippen LogP contribution in [0, 0.1) is 5.92 Å². The summed E-state index contributed by atoms with van der Waals surface area (Å²) in [6.45, 7) is 2.22. The number of anilines is 1. The zero-order chi connectivity index (χ0) is 12.5. The van der Waals surface area contributed by atoms with Crippen LogP contribution < -0.4 is 5.32 Å². The van der Waals surface area contributed by atoms with Crippen molar-refractivity contribution in [3.8, 4) is 11.4 Å². The Morgan fingerprint density at radius 3 is 2.61 bits per heavy atom. The van der Waals surface area contributed by atoms with Gasteiger partial charge in [-0.05, 0) is 12.3 Å². The molecule has 3 rings (SSSR count). The number of rotatable bonds is 3. The maximum Gasteiger partial charge on any atom is 0.163 e. The predicted octanol–water partition coefficient (Wildman–Crippen LogP) is 3.62. The first-order chi connectivity index (χ1) is 8.72. The van der Waals surface area contributed by atoms with Crippen LogP contribution in [0.15, 0.2) is 36.4 Å². The van der Waals surface area contributed by atoms with Crippen molar-refractivity contribution in [3.05, 3.63) is 41.6 Å². The van der Waals surface area contributed by atoms with E-state index in [0.717, 1.165) is 17.3 Å². The largest absolute Gasteiger partial charge is 0.367 e. The first-order valence-electron chi connectivity index (χ1n) is 6.09. The van der Waals surface area contributed by atoms with Gasteiger partial charge in [-0.2, -0.15) is 0 Å². The van der Waals surface area contributed by atoms with E-state index in [-0.39, 0.29) is 0 Å². The molecule has 0 aliphatic heterocycles. The highest BCUT2D eigenvalue weighted by atomic mass is 35.5. The Kier molecular flexibility index (Phi) is 2.92. The average Bonchev–Trinajstić information content (AvgIpc) is 3.05. The number of nitrogens with one attached hydrogen (secondary N) is 1. The molecule has 1 saturated carbocycles. The van der Waals surface area contributed by atoms with Gasteiger partial charge >= 0.3 is 0 Å². The topological polar surface area (TPSA) is 37.8 Å². The van der Waals surface area contributed by atoms with E-state index >= 15 is 0 Å². The fourth-order valence-corrected chi connectivity index (χ4v) is 2.10. The Morgan fingerprint density at radius 2 is 1.94 bits per heavy atom. The SMILES string of the molecule is CC1CC1Nc1cc(Cl)nc(-c2ccccc2)n1. The molecular formula is C14H14ClN3. The van der Waals surface area contributed by atoms with Crippen LogP contribution in [-0.2, 0) is 0 Å². The predicted molar refractivity (Wildman–Crippen MR) is 73.7 cm³/mol. The lowest BCUT2D eigenvalue weighted by atomic mass is 10.2. The number of benzene rings is 1. The smallest absolute Gasteiger partial charge is 0.163 e. The molecule has 1 heterocycles. The molecule has 1 aliphatic rings. The lowest BCUT2D eigenvalue weighted by molar-refractivity contribution is 0.922. The molecule has 3 nitrogen and oxygen atoms in total. The Hall–Kier alpha value is -1.61. The van der Waals surface area contributed by atoms with Gasteiger partial charge in [0.2, 0.25) is 0 Å². The number of hydrogen-bond acceptors (Lipinski definition) is 3. The van der Waals surface area contributed by atoms with Gasteiger partial charge in [0.25, 0.3) is 0 Å². The normalized spacial score (nSPS) is 21.7. The van der Waals surface area contributed by atoms with Crippen molar-refractivity contribution in [2.24, 2.45) is 5.92 Å². The van der Waals surface area contributed by atoms with Gasteiger partial charge in [-0.25, -0.2) is 9.97 Å². The summed E-state index contributed by atoms with van der Waals surface area (Å²) in [7, 11) is 0. The molecule has 1 aliphatic carbocycles. The monoisotopic (exact) mass is 259 g/mol. The maximum atomic E-state index is 6.05. The van der Waals surface area contributed by atoms with E-state index in [2.05, 4.69) is 22.2 Å². The second-order valence-corrected chi connectivity index (χ2v) is 5.12. The first kappa shape index (κ1) is 11.5. The summed E-state index contributed by atoms with van der Waals surface area (Å²) in [4.78, 5) is 8.78. The van der Waals surface area contributed by atoms with Crippen LogP contribution in [0.1, 0.15) is 13.3 Å². The van der Waals surface area contributed by atoms with E-state index in [0.29, 0.717) is 17.0 Å². The first-order valence-corrected chi connectivity index (χ1v) is 6.47. The van der Waals surface area contributed by atoms with Crippen molar-refractivity contribution >= 4 is 17.4 Å². The molecule has 1 fully saturated rings. The number of halogens is 1. The molecule has 2 unspecified atom stereocenters. The van der Waals surface area contributed by atoms with E-state index in [4.69, 9.17) is 11.6 Å². The Bertz CT molecular complexity index is 556. The highest BCUT2D eigenvalue weighted by Gasteiger charge is 2.32. The number of aromatic nitrogens is 2. The number of nitrogens with zero attached hydrogens (tertiary/aromatic N) is 2. The van der Waals surface area contributed by atoms with Crippen LogP contribution in [0.2, 0.25) is 5.15 Å². The van der Waals surface area contributed by atoms with E-state index in [1.54, 1.807) is 6.07 Å². The van der Waals surface area contributed by atoms with Gasteiger partial charge in [-0.15, -0.1) is 0 Å². The molecule has 0 bridgehead atoms. The van der Waals surface area contributed by atoms with Crippen molar-refractivity contribution in [1.29, 1.82) is 0 Å². The Morgan fingerprint density at radius 1 is 1.22 bits per heavy atom. The fraction of sp³-hybridized carbons (Fsp3) is 0.286. The van der Waals surface area contributed by atoms with Gasteiger partial charge in [0.05, 0.1) is 0 Å². The summed E-state index contributed by atoms with van der Waals surface area (Å²) in [5, 5.41) is 3.85. The van der Waals surface area contributed by atoms with Crippen molar-refractivity contribution in [2.45, 2.75) is 19.4 Å². The number of hydrogen-bond donors (Lipinski definition) is 1. The molecule has 2 atom stereocenters. The third kappa shape index (κ3) is 2.46. The summed E-state index contributed by atoms with van der Waals surface area (Å²) in [6, 6.07) is 12.2. The van der Waals surface area contributed by atoms with Crippen molar-refractivity contribution in [1.82, 2.24) is 9.97 Å². The zero-order valence-corrected chi connectivity index (χ0v) is 10.9. The molecule has 0 saturated heterocycles. The summed E-state index contributed by atoms with van der Waals surface area (Å²) >= 11 is 6.05. The van der Waals surface area contributed by atoms with E-state index in [1.165, 1.54) is 6.42 Å². The second kappa shape index (κ2) is 4.58. The molecule has 1 N–H and O–H groups in total. The molecule has 4 heteroatoms. The molecular weight excluding hydrogens is 246 g/mol. The zero-order valence-electron chi connectivity index (χ0n) is 10.1. The summed E-state index contributed by atoms with van der Waals surface area (Å²) in [5.74, 6) is 2.20. The van der Waals surface area contributed by atoms with Gasteiger partial charge in [0, 0.05) is 17.7 Å². The second-order valence-electron chi connectivity index (χ2n) is 4.73. The van der Waals surface area contributed by atoms with Gasteiger partial charge in [0.15, 0.2) is 5.82 Å². The lowest BCUT2D eigenvalue weighted by Crippen LogP contribution is -2.06. The molecule has 1 aromatic carbocycles. The van der Waals surface area contributed by atoms with Crippen LogP contribution in [0.5, 0.6) is 0 Å². The highest BCUT2D eigenvalue weighted by molar-refractivity contribution is 6.29. The van der Waals surface area contributed by atoms with E-state index in [1.807, 2.05) is 30.3 Å². The highest BCUT2D eigenvalue weighted by Crippen LogP contribution is 2.32.